The number of rotatable bonds is 4. The third-order valence-corrected chi connectivity index (χ3v) is 6.60. The fraction of sp³-hybridized carbons (Fsp3) is 0.400. The molecule has 0 saturated carbocycles. The van der Waals surface area contributed by atoms with E-state index in [1.807, 2.05) is 24.3 Å². The molecule has 5 heterocycles. The number of aromatic amines is 1. The normalized spacial score (nSPS) is 19.6. The zero-order valence-electron chi connectivity index (χ0n) is 16.4. The summed E-state index contributed by atoms with van der Waals surface area (Å²) in [7, 11) is 0. The molecule has 154 valence electrons. The van der Waals surface area contributed by atoms with Gasteiger partial charge in [-0.25, -0.2) is 4.98 Å². The van der Waals surface area contributed by atoms with Crippen LogP contribution in [0.2, 0.25) is 0 Å². The Morgan fingerprint density at radius 1 is 1.13 bits per heavy atom. The largest absolute Gasteiger partial charge is 0.347 e. The van der Waals surface area contributed by atoms with E-state index >= 15 is 0 Å². The van der Waals surface area contributed by atoms with Crippen LogP contribution in [0.3, 0.4) is 0 Å². The number of imidazole rings is 1. The summed E-state index contributed by atoms with van der Waals surface area (Å²) in [5.41, 5.74) is 2.75. The molecule has 0 amide bonds. The molecule has 10 heteroatoms. The Bertz CT molecular complexity index is 1180. The molecule has 1 aromatic carbocycles. The Balaban J connectivity index is 1.30. The molecule has 2 aliphatic rings. The van der Waals surface area contributed by atoms with Crippen LogP contribution in [0.4, 0.5) is 11.9 Å². The highest BCUT2D eigenvalue weighted by Gasteiger charge is 2.32. The molecule has 6 rings (SSSR count). The van der Waals surface area contributed by atoms with Gasteiger partial charge in [0.2, 0.25) is 11.9 Å². The lowest BCUT2D eigenvalue weighted by atomic mass is 10.2. The number of aromatic nitrogens is 6. The average molecular weight is 468 g/mol. The van der Waals surface area contributed by atoms with Crippen molar-refractivity contribution in [2.75, 3.05) is 36.4 Å². The smallest absolute Gasteiger partial charge is 0.230 e. The summed E-state index contributed by atoms with van der Waals surface area (Å²) in [6.07, 6.45) is 4.30. The summed E-state index contributed by atoms with van der Waals surface area (Å²) in [6, 6.07) is 8.64. The molecule has 2 N–H and O–H groups in total. The maximum atomic E-state index is 4.84. The van der Waals surface area contributed by atoms with Gasteiger partial charge < -0.3 is 15.2 Å². The van der Waals surface area contributed by atoms with E-state index in [-0.39, 0.29) is 0 Å². The number of halogens is 1. The van der Waals surface area contributed by atoms with Gasteiger partial charge in [-0.05, 0) is 47.4 Å². The predicted molar refractivity (Wildman–Crippen MR) is 119 cm³/mol. The van der Waals surface area contributed by atoms with Crippen LogP contribution in [-0.4, -0.2) is 66.7 Å². The summed E-state index contributed by atoms with van der Waals surface area (Å²) in [5, 5.41) is 7.84. The summed E-state index contributed by atoms with van der Waals surface area (Å²) >= 11 is 3.58. The second-order valence-electron chi connectivity index (χ2n) is 7.91. The van der Waals surface area contributed by atoms with E-state index in [9.17, 15) is 0 Å². The van der Waals surface area contributed by atoms with Crippen molar-refractivity contribution < 1.29 is 0 Å². The first-order valence-corrected chi connectivity index (χ1v) is 11.1. The molecule has 0 bridgehead atoms. The molecule has 4 aromatic rings. The number of benzene rings is 1. The van der Waals surface area contributed by atoms with Crippen molar-refractivity contribution in [1.82, 2.24) is 34.4 Å². The van der Waals surface area contributed by atoms with Crippen LogP contribution in [-0.2, 0) is 6.54 Å². The third kappa shape index (κ3) is 3.10. The number of anilines is 2. The van der Waals surface area contributed by atoms with E-state index in [2.05, 4.69) is 46.1 Å². The van der Waals surface area contributed by atoms with Crippen LogP contribution in [0.5, 0.6) is 0 Å². The molecule has 0 unspecified atom stereocenters. The van der Waals surface area contributed by atoms with Crippen molar-refractivity contribution in [1.29, 1.82) is 0 Å². The Morgan fingerprint density at radius 2 is 2.07 bits per heavy atom. The molecule has 2 saturated heterocycles. The van der Waals surface area contributed by atoms with E-state index in [1.165, 1.54) is 19.4 Å². The second-order valence-corrected chi connectivity index (χ2v) is 8.76. The van der Waals surface area contributed by atoms with Crippen molar-refractivity contribution >= 4 is 44.5 Å². The molecular formula is C20H22BrN9. The molecule has 1 atom stereocenters. The minimum atomic E-state index is 0.522. The Hall–Kier alpha value is -2.72. The zero-order valence-corrected chi connectivity index (χ0v) is 18.0. The SMILES string of the molecule is Brc1cnn2c(NCc3nc4ccccc4[nH]3)nc(N3CCN4CCC[C@H]4C3)nc12. The van der Waals surface area contributed by atoms with E-state index in [1.54, 1.807) is 10.7 Å². The van der Waals surface area contributed by atoms with Gasteiger partial charge in [0.15, 0.2) is 5.65 Å². The van der Waals surface area contributed by atoms with Gasteiger partial charge in [-0.3, -0.25) is 4.90 Å². The summed E-state index contributed by atoms with van der Waals surface area (Å²) in [4.78, 5) is 22.5. The Labute approximate surface area is 181 Å². The lowest BCUT2D eigenvalue weighted by molar-refractivity contribution is 0.229. The first-order chi connectivity index (χ1) is 14.7. The van der Waals surface area contributed by atoms with Crippen LogP contribution in [0.25, 0.3) is 16.7 Å². The number of hydrogen-bond acceptors (Lipinski definition) is 7. The number of nitrogens with zero attached hydrogens (tertiary/aromatic N) is 7. The fourth-order valence-corrected chi connectivity index (χ4v) is 4.87. The quantitative estimate of drug-likeness (QED) is 0.476. The minimum Gasteiger partial charge on any atom is -0.347 e. The summed E-state index contributed by atoms with van der Waals surface area (Å²) in [5.74, 6) is 2.27. The lowest BCUT2D eigenvalue weighted by Gasteiger charge is -2.37. The summed E-state index contributed by atoms with van der Waals surface area (Å²) < 4.78 is 2.60. The van der Waals surface area contributed by atoms with Gasteiger partial charge in [-0.1, -0.05) is 12.1 Å². The molecule has 0 spiro atoms. The number of para-hydroxylation sites is 2. The van der Waals surface area contributed by atoms with Gasteiger partial charge in [-0.15, -0.1) is 0 Å². The topological polar surface area (TPSA) is 90.3 Å². The predicted octanol–water partition coefficient (Wildman–Crippen LogP) is 2.66. The highest BCUT2D eigenvalue weighted by atomic mass is 79.9. The number of piperazine rings is 1. The molecule has 2 aliphatic heterocycles. The van der Waals surface area contributed by atoms with Gasteiger partial charge >= 0.3 is 0 Å². The van der Waals surface area contributed by atoms with Crippen LogP contribution in [0.1, 0.15) is 18.7 Å². The Kier molecular flexibility index (Phi) is 4.34. The second kappa shape index (κ2) is 7.21. The first kappa shape index (κ1) is 18.1. The van der Waals surface area contributed by atoms with Gasteiger partial charge in [0.1, 0.15) is 5.82 Å². The van der Waals surface area contributed by atoms with Crippen LogP contribution in [0, 0.1) is 0 Å². The molecule has 0 radical (unpaired) electrons. The fourth-order valence-electron chi connectivity index (χ4n) is 4.52. The number of hydrogen-bond donors (Lipinski definition) is 2. The molecule has 30 heavy (non-hydrogen) atoms. The van der Waals surface area contributed by atoms with E-state index in [0.29, 0.717) is 18.5 Å². The van der Waals surface area contributed by atoms with Crippen molar-refractivity contribution in [3.05, 3.63) is 40.8 Å². The highest BCUT2D eigenvalue weighted by molar-refractivity contribution is 9.10. The van der Waals surface area contributed by atoms with Crippen molar-refractivity contribution in [3.63, 3.8) is 0 Å². The number of nitrogens with one attached hydrogen (secondary N) is 2. The number of fused-ring (bicyclic) bond motifs is 3. The van der Waals surface area contributed by atoms with Gasteiger partial charge in [0, 0.05) is 25.7 Å². The molecule has 0 aliphatic carbocycles. The average Bonchev–Trinajstić information content (AvgIpc) is 3.49. The van der Waals surface area contributed by atoms with Gasteiger partial charge in [-0.2, -0.15) is 19.6 Å². The van der Waals surface area contributed by atoms with Crippen molar-refractivity contribution in [3.8, 4) is 0 Å². The first-order valence-electron chi connectivity index (χ1n) is 10.3. The maximum absolute atomic E-state index is 4.84. The standard InChI is InChI=1S/C20H22BrN9/c21-14-10-23-30-18(14)26-20(29-9-8-28-7-3-4-13(28)12-29)27-19(30)22-11-17-24-15-5-1-2-6-16(15)25-17/h1-2,5-6,10,13H,3-4,7-9,11-12H2,(H,24,25)(H,22,26,27)/t13-/m0/s1. The minimum absolute atomic E-state index is 0.522. The molecule has 9 nitrogen and oxygen atoms in total. The van der Waals surface area contributed by atoms with Crippen molar-refractivity contribution in [2.45, 2.75) is 25.4 Å². The lowest BCUT2D eigenvalue weighted by Crippen LogP contribution is -2.50. The zero-order chi connectivity index (χ0) is 20.1. The van der Waals surface area contributed by atoms with E-state index in [4.69, 9.17) is 9.97 Å². The van der Waals surface area contributed by atoms with Gasteiger partial charge in [0.25, 0.3) is 0 Å². The highest BCUT2D eigenvalue weighted by Crippen LogP contribution is 2.26. The molecule has 3 aromatic heterocycles. The third-order valence-electron chi connectivity index (χ3n) is 6.04. The van der Waals surface area contributed by atoms with Crippen LogP contribution in [0.15, 0.2) is 34.9 Å². The van der Waals surface area contributed by atoms with Gasteiger partial charge in [0.05, 0.1) is 28.2 Å². The van der Waals surface area contributed by atoms with E-state index in [0.717, 1.165) is 52.6 Å². The molecule has 2 fully saturated rings. The molecular weight excluding hydrogens is 446 g/mol. The number of H-pyrrole nitrogens is 1. The summed E-state index contributed by atoms with van der Waals surface area (Å²) in [6.45, 7) is 4.73. The maximum Gasteiger partial charge on any atom is 0.230 e. The van der Waals surface area contributed by atoms with E-state index < -0.39 is 0 Å². The van der Waals surface area contributed by atoms with Crippen molar-refractivity contribution in [2.24, 2.45) is 0 Å². The van der Waals surface area contributed by atoms with Crippen LogP contribution < -0.4 is 10.2 Å². The van der Waals surface area contributed by atoms with Crippen LogP contribution >= 0.6 is 15.9 Å². The Morgan fingerprint density at radius 3 is 3.00 bits per heavy atom. The monoisotopic (exact) mass is 467 g/mol.